The third kappa shape index (κ3) is 3.49. The van der Waals surface area contributed by atoms with Crippen LogP contribution in [0.15, 0.2) is 42.5 Å². The van der Waals surface area contributed by atoms with E-state index in [9.17, 15) is 19.7 Å². The first kappa shape index (κ1) is 17.4. The van der Waals surface area contributed by atoms with E-state index in [0.717, 1.165) is 0 Å². The van der Waals surface area contributed by atoms with Crippen molar-refractivity contribution in [3.05, 3.63) is 58.1 Å². The van der Waals surface area contributed by atoms with E-state index in [1.807, 2.05) is 0 Å². The molecule has 1 heterocycles. The second-order valence-electron chi connectivity index (χ2n) is 6.60. The zero-order chi connectivity index (χ0) is 18.9. The number of non-ortho nitro benzene ring substituents is 1. The van der Waals surface area contributed by atoms with Gasteiger partial charge in [0.05, 0.1) is 16.0 Å². The fourth-order valence-corrected chi connectivity index (χ4v) is 2.38. The smallest absolute Gasteiger partial charge is 0.269 e. The minimum atomic E-state index is -0.665. The Balaban J connectivity index is 1.78. The van der Waals surface area contributed by atoms with Gasteiger partial charge in [0.2, 0.25) is 5.91 Å². The number of anilines is 2. The van der Waals surface area contributed by atoms with E-state index in [0.29, 0.717) is 17.1 Å². The molecule has 0 aromatic heterocycles. The molecule has 0 unspecified atom stereocenters. The molecule has 134 valence electrons. The SMILES string of the molecule is CC1(C)COc2ccc(NC(=O)c3ccc([N+](=O)[O-])cc3)cc2NC1=O. The summed E-state index contributed by atoms with van der Waals surface area (Å²) in [4.78, 5) is 34.6. The predicted molar refractivity (Wildman–Crippen MR) is 95.4 cm³/mol. The van der Waals surface area contributed by atoms with Gasteiger partial charge in [-0.1, -0.05) is 0 Å². The van der Waals surface area contributed by atoms with Crippen LogP contribution in [-0.2, 0) is 4.79 Å². The summed E-state index contributed by atoms with van der Waals surface area (Å²) >= 11 is 0. The Morgan fingerprint density at radius 2 is 1.92 bits per heavy atom. The molecule has 2 N–H and O–H groups in total. The van der Waals surface area contributed by atoms with Crippen molar-refractivity contribution in [2.45, 2.75) is 13.8 Å². The summed E-state index contributed by atoms with van der Waals surface area (Å²) in [5, 5.41) is 16.2. The second-order valence-corrected chi connectivity index (χ2v) is 6.60. The van der Waals surface area contributed by atoms with Crippen LogP contribution in [0.25, 0.3) is 0 Å². The summed E-state index contributed by atoms with van der Waals surface area (Å²) in [5.74, 6) is -0.0617. The quantitative estimate of drug-likeness (QED) is 0.649. The number of rotatable bonds is 3. The van der Waals surface area contributed by atoms with E-state index in [1.54, 1.807) is 32.0 Å². The summed E-state index contributed by atoms with van der Waals surface area (Å²) in [6, 6.07) is 10.2. The van der Waals surface area contributed by atoms with Gasteiger partial charge in [0.25, 0.3) is 11.6 Å². The molecule has 2 aromatic rings. The highest BCUT2D eigenvalue weighted by atomic mass is 16.6. The molecule has 3 rings (SSSR count). The first-order chi connectivity index (χ1) is 12.3. The predicted octanol–water partition coefficient (Wildman–Crippen LogP) is 3.20. The first-order valence-corrected chi connectivity index (χ1v) is 7.90. The van der Waals surface area contributed by atoms with Crippen molar-refractivity contribution in [2.24, 2.45) is 5.41 Å². The van der Waals surface area contributed by atoms with Crippen LogP contribution in [0, 0.1) is 15.5 Å². The van der Waals surface area contributed by atoms with E-state index < -0.39 is 16.2 Å². The number of hydrogen-bond donors (Lipinski definition) is 2. The number of nitro benzene ring substituents is 1. The van der Waals surface area contributed by atoms with E-state index >= 15 is 0 Å². The van der Waals surface area contributed by atoms with Gasteiger partial charge in [-0.25, -0.2) is 0 Å². The normalized spacial score (nSPS) is 15.1. The molecule has 8 heteroatoms. The Morgan fingerprint density at radius 3 is 2.58 bits per heavy atom. The number of benzene rings is 2. The molecule has 1 aliphatic rings. The molecule has 0 saturated heterocycles. The van der Waals surface area contributed by atoms with Gasteiger partial charge in [0, 0.05) is 23.4 Å². The third-order valence-electron chi connectivity index (χ3n) is 4.03. The van der Waals surface area contributed by atoms with Crippen molar-refractivity contribution >= 4 is 28.9 Å². The van der Waals surface area contributed by atoms with Crippen LogP contribution >= 0.6 is 0 Å². The molecule has 0 bridgehead atoms. The molecule has 2 aromatic carbocycles. The number of carbonyl (C=O) groups is 2. The van der Waals surface area contributed by atoms with Gasteiger partial charge in [-0.2, -0.15) is 0 Å². The lowest BCUT2D eigenvalue weighted by atomic mass is 9.94. The Labute approximate surface area is 149 Å². The second kappa shape index (κ2) is 6.47. The average Bonchev–Trinajstić information content (AvgIpc) is 2.71. The van der Waals surface area contributed by atoms with Crippen LogP contribution in [0.4, 0.5) is 17.1 Å². The number of amides is 2. The monoisotopic (exact) mass is 355 g/mol. The number of nitro groups is 1. The maximum absolute atomic E-state index is 12.3. The van der Waals surface area contributed by atoms with Crippen molar-refractivity contribution in [3.63, 3.8) is 0 Å². The van der Waals surface area contributed by atoms with Crippen molar-refractivity contribution in [1.29, 1.82) is 0 Å². The van der Waals surface area contributed by atoms with Crippen molar-refractivity contribution in [3.8, 4) is 5.75 Å². The van der Waals surface area contributed by atoms with E-state index in [4.69, 9.17) is 4.74 Å². The molecule has 26 heavy (non-hydrogen) atoms. The Morgan fingerprint density at radius 1 is 1.23 bits per heavy atom. The van der Waals surface area contributed by atoms with Crippen LogP contribution in [0.5, 0.6) is 5.75 Å². The summed E-state index contributed by atoms with van der Waals surface area (Å²) in [5.41, 5.74) is 0.472. The minimum Gasteiger partial charge on any atom is -0.490 e. The van der Waals surface area contributed by atoms with Gasteiger partial charge >= 0.3 is 0 Å². The Hall–Kier alpha value is -3.42. The van der Waals surface area contributed by atoms with Crippen molar-refractivity contribution in [1.82, 2.24) is 0 Å². The molecule has 0 saturated carbocycles. The van der Waals surface area contributed by atoms with E-state index in [-0.39, 0.29) is 23.8 Å². The highest BCUT2D eigenvalue weighted by molar-refractivity contribution is 6.05. The zero-order valence-corrected chi connectivity index (χ0v) is 14.2. The highest BCUT2D eigenvalue weighted by Crippen LogP contribution is 2.34. The molecule has 8 nitrogen and oxygen atoms in total. The van der Waals surface area contributed by atoms with Crippen LogP contribution < -0.4 is 15.4 Å². The number of nitrogens with zero attached hydrogens (tertiary/aromatic N) is 1. The van der Waals surface area contributed by atoms with Crippen molar-refractivity contribution in [2.75, 3.05) is 17.2 Å². The van der Waals surface area contributed by atoms with Crippen LogP contribution in [0.2, 0.25) is 0 Å². The number of ether oxygens (including phenoxy) is 1. The number of carbonyl (C=O) groups excluding carboxylic acids is 2. The number of hydrogen-bond acceptors (Lipinski definition) is 5. The third-order valence-corrected chi connectivity index (χ3v) is 4.03. The first-order valence-electron chi connectivity index (χ1n) is 7.90. The van der Waals surface area contributed by atoms with E-state index in [1.165, 1.54) is 24.3 Å². The molecular weight excluding hydrogens is 338 g/mol. The molecule has 0 radical (unpaired) electrons. The van der Waals surface area contributed by atoms with Gasteiger partial charge in [-0.15, -0.1) is 0 Å². The van der Waals surface area contributed by atoms with Gasteiger partial charge in [-0.3, -0.25) is 19.7 Å². The largest absolute Gasteiger partial charge is 0.490 e. The van der Waals surface area contributed by atoms with Gasteiger partial charge in [-0.05, 0) is 44.2 Å². The van der Waals surface area contributed by atoms with Crippen molar-refractivity contribution < 1.29 is 19.2 Å². The maximum Gasteiger partial charge on any atom is 0.269 e. The average molecular weight is 355 g/mol. The molecule has 2 amide bonds. The summed E-state index contributed by atoms with van der Waals surface area (Å²) in [7, 11) is 0. The minimum absolute atomic E-state index is 0.0888. The van der Waals surface area contributed by atoms with Crippen LogP contribution in [0.1, 0.15) is 24.2 Å². The zero-order valence-electron chi connectivity index (χ0n) is 14.2. The van der Waals surface area contributed by atoms with Crippen LogP contribution in [0.3, 0.4) is 0 Å². The lowest BCUT2D eigenvalue weighted by molar-refractivity contribution is -0.384. The lowest BCUT2D eigenvalue weighted by Crippen LogP contribution is -2.33. The maximum atomic E-state index is 12.3. The fraction of sp³-hybridized carbons (Fsp3) is 0.222. The lowest BCUT2D eigenvalue weighted by Gasteiger charge is -2.18. The summed E-state index contributed by atoms with van der Waals surface area (Å²) < 4.78 is 5.65. The Bertz CT molecular complexity index is 890. The fourth-order valence-electron chi connectivity index (χ4n) is 2.38. The standard InChI is InChI=1S/C18H17N3O5/c1-18(2)10-26-15-8-5-12(9-14(15)20-17(18)23)19-16(22)11-3-6-13(7-4-11)21(24)25/h3-9H,10H2,1-2H3,(H,19,22)(H,20,23). The summed E-state index contributed by atoms with van der Waals surface area (Å²) in [6.07, 6.45) is 0. The topological polar surface area (TPSA) is 111 Å². The molecule has 1 aliphatic heterocycles. The number of nitrogens with one attached hydrogen (secondary N) is 2. The number of fused-ring (bicyclic) bond motifs is 1. The molecule has 0 aliphatic carbocycles. The van der Waals surface area contributed by atoms with Crippen LogP contribution in [-0.4, -0.2) is 23.3 Å². The Kier molecular flexibility index (Phi) is 4.33. The van der Waals surface area contributed by atoms with Gasteiger partial charge in [0.1, 0.15) is 12.4 Å². The molecular formula is C18H17N3O5. The molecule has 0 fully saturated rings. The van der Waals surface area contributed by atoms with E-state index in [2.05, 4.69) is 10.6 Å². The highest BCUT2D eigenvalue weighted by Gasteiger charge is 2.32. The molecule has 0 atom stereocenters. The van der Waals surface area contributed by atoms with Gasteiger partial charge < -0.3 is 15.4 Å². The molecule has 0 spiro atoms. The summed E-state index contributed by atoms with van der Waals surface area (Å²) in [6.45, 7) is 3.82. The van der Waals surface area contributed by atoms with Gasteiger partial charge in [0.15, 0.2) is 0 Å².